The van der Waals surface area contributed by atoms with Crippen molar-refractivity contribution in [3.05, 3.63) is 218 Å². The monoisotopic (exact) mass is 814 g/mol. The topological polar surface area (TPSA) is 43.6 Å². The molecule has 0 N–H and O–H groups in total. The van der Waals surface area contributed by atoms with Gasteiger partial charge >= 0.3 is 0 Å². The summed E-state index contributed by atoms with van der Waals surface area (Å²) < 4.78 is 2.24. The quantitative estimate of drug-likeness (QED) is 0.108. The highest BCUT2D eigenvalue weighted by Crippen LogP contribution is 2.40. The molecule has 8 aromatic carbocycles. The largest absolute Gasteiger partial charge is 0.278 e. The van der Waals surface area contributed by atoms with E-state index in [0.717, 1.165) is 27.7 Å². The van der Waals surface area contributed by atoms with Gasteiger partial charge in [-0.15, -0.1) is 0 Å². The second kappa shape index (κ2) is 16.3. The van der Waals surface area contributed by atoms with Crippen molar-refractivity contribution < 1.29 is 0 Å². The summed E-state index contributed by atoms with van der Waals surface area (Å²) in [5.41, 5.74) is 7.85. The Hall–Kier alpha value is -7.21. The van der Waals surface area contributed by atoms with Crippen LogP contribution >= 0.6 is 0 Å². The predicted octanol–water partition coefficient (Wildman–Crippen LogP) is 11.4. The molecule has 1 aliphatic carbocycles. The Morgan fingerprint density at radius 1 is 0.387 bits per heavy atom. The first kappa shape index (κ1) is 37.8. The highest BCUT2D eigenvalue weighted by Gasteiger charge is 2.41. The van der Waals surface area contributed by atoms with Crippen LogP contribution in [0.5, 0.6) is 0 Å². The number of fused-ring (bicyclic) bond motifs is 3. The van der Waals surface area contributed by atoms with Crippen LogP contribution in [-0.4, -0.2) is 27.6 Å². The minimum atomic E-state index is -2.83. The Morgan fingerprint density at radius 2 is 0.887 bits per heavy atom. The van der Waals surface area contributed by atoms with Crippen molar-refractivity contribution >= 4 is 50.6 Å². The Labute approximate surface area is 364 Å². The third kappa shape index (κ3) is 6.66. The van der Waals surface area contributed by atoms with Crippen molar-refractivity contribution in [2.45, 2.75) is 38.0 Å². The zero-order valence-electron chi connectivity index (χ0n) is 34.6. The van der Waals surface area contributed by atoms with Gasteiger partial charge in [-0.05, 0) is 74.4 Å². The van der Waals surface area contributed by atoms with Gasteiger partial charge in [-0.25, -0.2) is 4.98 Å². The number of aromatic nitrogens is 4. The zero-order chi connectivity index (χ0) is 41.3. The van der Waals surface area contributed by atoms with E-state index in [0.29, 0.717) is 23.5 Å². The molecule has 2 aromatic heterocycles. The minimum Gasteiger partial charge on any atom is -0.278 e. The van der Waals surface area contributed by atoms with E-state index in [-0.39, 0.29) is 0 Å². The lowest BCUT2D eigenvalue weighted by Crippen LogP contribution is -2.74. The molecule has 0 saturated heterocycles. The van der Waals surface area contributed by atoms with Gasteiger partial charge in [0.25, 0.3) is 0 Å². The molecule has 1 aliphatic rings. The fourth-order valence-electron chi connectivity index (χ4n) is 10.1. The molecule has 0 radical (unpaired) electrons. The molecule has 0 aliphatic heterocycles. The molecule has 1 saturated carbocycles. The third-order valence-corrected chi connectivity index (χ3v) is 17.8. The van der Waals surface area contributed by atoms with E-state index < -0.39 is 8.07 Å². The summed E-state index contributed by atoms with van der Waals surface area (Å²) in [6.07, 6.45) is 6.10. The van der Waals surface area contributed by atoms with Gasteiger partial charge in [0.15, 0.2) is 19.7 Å². The van der Waals surface area contributed by atoms with Gasteiger partial charge in [0.2, 0.25) is 5.95 Å². The van der Waals surface area contributed by atoms with Crippen LogP contribution in [-0.2, 0) is 0 Å². The molecule has 4 nitrogen and oxygen atoms in total. The summed E-state index contributed by atoms with van der Waals surface area (Å²) in [6.45, 7) is 0. The van der Waals surface area contributed by atoms with Crippen LogP contribution in [0.25, 0.3) is 61.7 Å². The van der Waals surface area contributed by atoms with Crippen molar-refractivity contribution in [3.8, 4) is 39.9 Å². The standard InChI is InChI=1S/C57H46N4Si/c1-6-21-41(22-7-1)43-37-38-49(42-23-8-2-9-24-42)52(40-43)56-58-55(59-57(60-56)61-53-35-18-16-33-50(53)51-34-17-19-36-54(51)61)44-25-20-32-48(39-44)62(45-26-10-3-11-27-45,46-28-12-4-13-29-46)47-30-14-5-15-31-47/h1,3-7,10-22,25-40,42H,2,8-9,23-24H2. The molecule has 11 rings (SSSR count). The smallest absolute Gasteiger partial charge is 0.238 e. The number of benzene rings is 8. The van der Waals surface area contributed by atoms with Gasteiger partial charge in [-0.2, -0.15) is 9.97 Å². The summed E-state index contributed by atoms with van der Waals surface area (Å²) >= 11 is 0. The average molecular weight is 815 g/mol. The van der Waals surface area contributed by atoms with Gasteiger partial charge in [-0.1, -0.05) is 213 Å². The van der Waals surface area contributed by atoms with Gasteiger partial charge < -0.3 is 0 Å². The summed E-state index contributed by atoms with van der Waals surface area (Å²) in [5, 5.41) is 7.59. The summed E-state index contributed by atoms with van der Waals surface area (Å²) in [7, 11) is -2.83. The van der Waals surface area contributed by atoms with Crippen molar-refractivity contribution in [1.82, 2.24) is 19.5 Å². The van der Waals surface area contributed by atoms with Crippen molar-refractivity contribution in [3.63, 3.8) is 0 Å². The maximum Gasteiger partial charge on any atom is 0.238 e. The Morgan fingerprint density at radius 3 is 1.48 bits per heavy atom. The highest BCUT2D eigenvalue weighted by atomic mass is 28.3. The first-order chi connectivity index (χ1) is 30.8. The van der Waals surface area contributed by atoms with E-state index >= 15 is 0 Å². The summed E-state index contributed by atoms with van der Waals surface area (Å²) in [4.78, 5) is 16.6. The molecular weight excluding hydrogens is 769 g/mol. The van der Waals surface area contributed by atoms with Crippen molar-refractivity contribution in [2.75, 3.05) is 0 Å². The van der Waals surface area contributed by atoms with E-state index in [9.17, 15) is 0 Å². The number of hydrogen-bond donors (Lipinski definition) is 0. The van der Waals surface area contributed by atoms with E-state index in [1.54, 1.807) is 0 Å². The SMILES string of the molecule is c1ccc(-c2ccc(C3CCCCC3)c(-c3nc(-c4cccc([Si](c5ccccc5)(c5ccccc5)c5ccccc5)c4)nc(-n4c5ccccc5c5ccccc54)n3)c2)cc1. The van der Waals surface area contributed by atoms with E-state index in [1.165, 1.54) is 74.8 Å². The Bertz CT molecular complexity index is 3010. The molecule has 10 aromatic rings. The third-order valence-electron chi connectivity index (χ3n) is 13.0. The molecule has 0 bridgehead atoms. The first-order valence-electron chi connectivity index (χ1n) is 22.0. The molecule has 2 heterocycles. The molecule has 298 valence electrons. The number of nitrogens with zero attached hydrogens (tertiary/aromatic N) is 4. The molecule has 1 fully saturated rings. The number of para-hydroxylation sites is 2. The lowest BCUT2D eigenvalue weighted by atomic mass is 9.81. The molecule has 0 spiro atoms. The number of rotatable bonds is 9. The summed E-state index contributed by atoms with van der Waals surface area (Å²) in [6, 6.07) is 77.2. The van der Waals surface area contributed by atoms with Gasteiger partial charge in [0.1, 0.15) is 0 Å². The normalized spacial score (nSPS) is 13.4. The fraction of sp³-hybridized carbons (Fsp3) is 0.105. The van der Waals surface area contributed by atoms with Crippen LogP contribution in [0.15, 0.2) is 212 Å². The molecule has 0 atom stereocenters. The molecule has 5 heteroatoms. The second-order valence-electron chi connectivity index (χ2n) is 16.6. The van der Waals surface area contributed by atoms with E-state index in [2.05, 4.69) is 217 Å². The molecule has 0 unspecified atom stereocenters. The average Bonchev–Trinajstić information content (AvgIpc) is 3.70. The van der Waals surface area contributed by atoms with Crippen LogP contribution in [0.4, 0.5) is 0 Å². The minimum absolute atomic E-state index is 0.443. The Balaban J connectivity index is 1.19. The van der Waals surface area contributed by atoms with Crippen molar-refractivity contribution in [1.29, 1.82) is 0 Å². The van der Waals surface area contributed by atoms with Crippen LogP contribution in [0.2, 0.25) is 0 Å². The zero-order valence-corrected chi connectivity index (χ0v) is 35.6. The van der Waals surface area contributed by atoms with Crippen LogP contribution in [0.1, 0.15) is 43.6 Å². The Kier molecular flexibility index (Phi) is 9.95. The lowest BCUT2D eigenvalue weighted by molar-refractivity contribution is 0.444. The van der Waals surface area contributed by atoms with Gasteiger partial charge in [0.05, 0.1) is 11.0 Å². The fourth-order valence-corrected chi connectivity index (χ4v) is 14.9. The van der Waals surface area contributed by atoms with Gasteiger partial charge in [-0.3, -0.25) is 4.57 Å². The maximum atomic E-state index is 5.56. The number of hydrogen-bond acceptors (Lipinski definition) is 3. The second-order valence-corrected chi connectivity index (χ2v) is 20.4. The highest BCUT2D eigenvalue weighted by molar-refractivity contribution is 7.19. The lowest BCUT2D eigenvalue weighted by Gasteiger charge is -2.34. The molecule has 62 heavy (non-hydrogen) atoms. The molecule has 0 amide bonds. The van der Waals surface area contributed by atoms with Crippen LogP contribution in [0.3, 0.4) is 0 Å². The molecular formula is C57H46N4Si. The summed E-state index contributed by atoms with van der Waals surface area (Å²) in [5.74, 6) is 2.42. The van der Waals surface area contributed by atoms with Crippen LogP contribution in [0, 0.1) is 0 Å². The first-order valence-corrected chi connectivity index (χ1v) is 24.0. The van der Waals surface area contributed by atoms with Crippen LogP contribution < -0.4 is 20.7 Å². The van der Waals surface area contributed by atoms with E-state index in [4.69, 9.17) is 15.0 Å². The van der Waals surface area contributed by atoms with Crippen molar-refractivity contribution in [2.24, 2.45) is 0 Å². The maximum absolute atomic E-state index is 5.56. The van der Waals surface area contributed by atoms with Gasteiger partial charge in [0, 0.05) is 21.9 Å². The van der Waals surface area contributed by atoms with E-state index in [1.807, 2.05) is 0 Å². The predicted molar refractivity (Wildman–Crippen MR) is 260 cm³/mol.